The number of hydrogen-bond acceptors (Lipinski definition) is 3. The molecule has 2 unspecified atom stereocenters. The summed E-state index contributed by atoms with van der Waals surface area (Å²) in [6.45, 7) is 0. The van der Waals surface area contributed by atoms with Crippen molar-refractivity contribution in [3.8, 4) is 0 Å². The SMILES string of the molecule is FOC(F)(F)C(F)(OC(F)(F)C(F)(F)OC(F)(CC(F)(F)F)C(F)(F)F)C(F)(F)F. The lowest BCUT2D eigenvalue weighted by molar-refractivity contribution is -0.568. The maximum atomic E-state index is 13.3. The van der Waals surface area contributed by atoms with Gasteiger partial charge in [0, 0.05) is 0 Å². The van der Waals surface area contributed by atoms with Crippen LogP contribution in [0, 0.1) is 0 Å². The van der Waals surface area contributed by atoms with E-state index in [1.165, 1.54) is 4.74 Å². The lowest BCUT2D eigenvalue weighted by Crippen LogP contribution is -2.64. The van der Waals surface area contributed by atoms with Crippen LogP contribution in [0.25, 0.3) is 0 Å². The van der Waals surface area contributed by atoms with Crippen LogP contribution < -0.4 is 0 Å². The average Bonchev–Trinajstić information content (AvgIpc) is 2.41. The summed E-state index contributed by atoms with van der Waals surface area (Å²) in [5.74, 6) is -14.4. The largest absolute Gasteiger partial charge is 0.458 e. The summed E-state index contributed by atoms with van der Waals surface area (Å²) in [5.41, 5.74) is 0. The molecule has 182 valence electrons. The molecule has 0 saturated heterocycles. The predicted octanol–water partition coefficient (Wildman–Crippen LogP) is 6.11. The van der Waals surface area contributed by atoms with Crippen LogP contribution in [0.15, 0.2) is 0 Å². The lowest BCUT2D eigenvalue weighted by Gasteiger charge is -2.38. The van der Waals surface area contributed by atoms with E-state index in [0.717, 1.165) is 4.94 Å². The summed E-state index contributed by atoms with van der Waals surface area (Å²) in [7, 11) is 0. The molecule has 0 aliphatic carbocycles. The van der Waals surface area contributed by atoms with E-state index in [2.05, 4.69) is 0 Å². The van der Waals surface area contributed by atoms with Gasteiger partial charge in [-0.25, -0.2) is 4.39 Å². The number of alkyl halides is 17. The highest BCUT2D eigenvalue weighted by atomic mass is 19.4. The van der Waals surface area contributed by atoms with Gasteiger partial charge in [-0.2, -0.15) is 70.2 Å². The fourth-order valence-corrected chi connectivity index (χ4v) is 1.28. The van der Waals surface area contributed by atoms with E-state index in [-0.39, 0.29) is 0 Å². The number of rotatable bonds is 8. The van der Waals surface area contributed by atoms with Crippen LogP contribution >= 0.6 is 0 Å². The van der Waals surface area contributed by atoms with Crippen LogP contribution in [-0.4, -0.2) is 48.6 Å². The van der Waals surface area contributed by atoms with Crippen molar-refractivity contribution in [1.29, 1.82) is 0 Å². The Morgan fingerprint density at radius 1 is 0.467 bits per heavy atom. The molecule has 0 aliphatic rings. The van der Waals surface area contributed by atoms with Crippen LogP contribution in [0.4, 0.5) is 79.2 Å². The highest BCUT2D eigenvalue weighted by Crippen LogP contribution is 2.54. The second-order valence-electron chi connectivity index (χ2n) is 4.94. The number of ether oxygens (including phenoxy) is 2. The molecule has 21 heteroatoms. The molecule has 0 spiro atoms. The fourth-order valence-electron chi connectivity index (χ4n) is 1.28. The van der Waals surface area contributed by atoms with Gasteiger partial charge in [0.1, 0.15) is 6.42 Å². The Kier molecular flexibility index (Phi) is 7.29. The van der Waals surface area contributed by atoms with Gasteiger partial charge in [-0.1, -0.05) is 0 Å². The fraction of sp³-hybridized carbons (Fsp3) is 1.00. The maximum absolute atomic E-state index is 13.3. The third-order valence-corrected chi connectivity index (χ3v) is 2.58. The minimum absolute atomic E-state index is 1.03. The molecule has 30 heavy (non-hydrogen) atoms. The molecule has 0 fully saturated rings. The van der Waals surface area contributed by atoms with Gasteiger partial charge in [0.25, 0.3) is 0 Å². The zero-order valence-corrected chi connectivity index (χ0v) is 12.7. The van der Waals surface area contributed by atoms with Gasteiger partial charge in [0.15, 0.2) is 0 Å². The molecule has 0 heterocycles. The molecule has 0 N–H and O–H groups in total. The Morgan fingerprint density at radius 2 is 0.833 bits per heavy atom. The van der Waals surface area contributed by atoms with E-state index in [9.17, 15) is 79.2 Å². The van der Waals surface area contributed by atoms with Crippen LogP contribution in [0.2, 0.25) is 0 Å². The molecule has 0 aromatic rings. The molecular weight excluding hydrogens is 498 g/mol. The van der Waals surface area contributed by atoms with E-state index < -0.39 is 55.0 Å². The molecule has 0 aromatic carbocycles. The minimum atomic E-state index is -7.74. The lowest BCUT2D eigenvalue weighted by atomic mass is 10.2. The van der Waals surface area contributed by atoms with Gasteiger partial charge in [-0.15, -0.1) is 4.94 Å². The number of hydrogen-bond donors (Lipinski definition) is 0. The van der Waals surface area contributed by atoms with E-state index in [0.29, 0.717) is 0 Å². The number of halogens is 18. The van der Waals surface area contributed by atoms with Crippen molar-refractivity contribution in [1.82, 2.24) is 0 Å². The monoisotopic (exact) mass is 500 g/mol. The Morgan fingerprint density at radius 3 is 1.10 bits per heavy atom. The molecule has 0 amide bonds. The van der Waals surface area contributed by atoms with E-state index >= 15 is 0 Å². The summed E-state index contributed by atoms with van der Waals surface area (Å²) in [5, 5.41) is 0. The summed E-state index contributed by atoms with van der Waals surface area (Å²) < 4.78 is 228. The van der Waals surface area contributed by atoms with Gasteiger partial charge in [-0.3, -0.25) is 9.47 Å². The first-order valence-electron chi connectivity index (χ1n) is 6.09. The van der Waals surface area contributed by atoms with Gasteiger partial charge in [0.05, 0.1) is 0 Å². The minimum Gasteiger partial charge on any atom is -0.267 e. The Labute approximate surface area is 150 Å². The molecule has 0 aliphatic heterocycles. The Hall–Kier alpha value is -1.38. The molecule has 0 radical (unpaired) electrons. The third kappa shape index (κ3) is 5.65. The van der Waals surface area contributed by atoms with Crippen molar-refractivity contribution < 1.29 is 93.6 Å². The maximum Gasteiger partial charge on any atom is 0.458 e. The Bertz CT molecular complexity index is 591. The van der Waals surface area contributed by atoms with Crippen molar-refractivity contribution in [2.75, 3.05) is 0 Å². The van der Waals surface area contributed by atoms with Crippen LogP contribution in [0.3, 0.4) is 0 Å². The van der Waals surface area contributed by atoms with Crippen LogP contribution in [0.5, 0.6) is 0 Å². The summed E-state index contributed by atoms with van der Waals surface area (Å²) in [6, 6.07) is 0. The first kappa shape index (κ1) is 28.6. The molecule has 0 bridgehead atoms. The summed E-state index contributed by atoms with van der Waals surface area (Å²) >= 11 is 0. The summed E-state index contributed by atoms with van der Waals surface area (Å²) in [6.07, 6.45) is -48.1. The van der Waals surface area contributed by atoms with Gasteiger partial charge in [-0.05, 0) is 4.53 Å². The molecular formula is C9H2F18O3. The summed E-state index contributed by atoms with van der Waals surface area (Å²) in [4.78, 5) is 1.03. The van der Waals surface area contributed by atoms with Crippen molar-refractivity contribution in [2.24, 2.45) is 0 Å². The normalized spacial score (nSPS) is 19.4. The van der Waals surface area contributed by atoms with Crippen molar-refractivity contribution in [3.05, 3.63) is 0 Å². The van der Waals surface area contributed by atoms with Crippen molar-refractivity contribution in [3.63, 3.8) is 0 Å². The average molecular weight is 500 g/mol. The smallest absolute Gasteiger partial charge is 0.267 e. The topological polar surface area (TPSA) is 27.7 Å². The predicted molar refractivity (Wildman–Crippen MR) is 49.7 cm³/mol. The zero-order valence-electron chi connectivity index (χ0n) is 12.7. The first-order valence-corrected chi connectivity index (χ1v) is 6.09. The van der Waals surface area contributed by atoms with Crippen molar-refractivity contribution >= 4 is 0 Å². The second kappa shape index (κ2) is 7.64. The van der Waals surface area contributed by atoms with Gasteiger partial charge < -0.3 is 0 Å². The highest BCUT2D eigenvalue weighted by Gasteiger charge is 2.82. The first-order chi connectivity index (χ1) is 12.7. The molecule has 0 saturated carbocycles. The highest BCUT2D eigenvalue weighted by molar-refractivity contribution is 4.90. The van der Waals surface area contributed by atoms with Crippen LogP contribution in [0.1, 0.15) is 6.42 Å². The van der Waals surface area contributed by atoms with Gasteiger partial charge in [0.2, 0.25) is 0 Å². The molecule has 3 nitrogen and oxygen atoms in total. The molecule has 0 aromatic heterocycles. The van der Waals surface area contributed by atoms with E-state index in [4.69, 9.17) is 0 Å². The molecule has 0 rings (SSSR count). The zero-order chi connectivity index (χ0) is 24.8. The van der Waals surface area contributed by atoms with E-state index in [1.807, 2.05) is 0 Å². The van der Waals surface area contributed by atoms with Crippen molar-refractivity contribution in [2.45, 2.75) is 55.0 Å². The Balaban J connectivity index is 6.29. The molecule has 2 atom stereocenters. The van der Waals surface area contributed by atoms with Gasteiger partial charge >= 0.3 is 48.6 Å². The standard InChI is InChI=1S/C9H2F18O3/c10-2(5(15,16)17,1-3(11,12)13)28-8(23,24)9(25,26)29-4(14,6(18,19)20)7(21,22)30-27/h1H2. The second-order valence-corrected chi connectivity index (χ2v) is 4.94. The van der Waals surface area contributed by atoms with Crippen LogP contribution in [-0.2, 0) is 14.4 Å². The quantitative estimate of drug-likeness (QED) is 0.377. The third-order valence-electron chi connectivity index (χ3n) is 2.58. The van der Waals surface area contributed by atoms with E-state index in [1.54, 1.807) is 4.74 Å².